The van der Waals surface area contributed by atoms with E-state index in [9.17, 15) is 4.79 Å². The van der Waals surface area contributed by atoms with E-state index in [0.29, 0.717) is 18.6 Å². The Balaban J connectivity index is 1.42. The van der Waals surface area contributed by atoms with Crippen molar-refractivity contribution in [1.29, 1.82) is 0 Å². The maximum atomic E-state index is 11.6. The van der Waals surface area contributed by atoms with Crippen LogP contribution in [0.15, 0.2) is 0 Å². The monoisotopic (exact) mass is 270 g/mol. The lowest BCUT2D eigenvalue weighted by molar-refractivity contribution is -0.121. The number of rotatable bonds is 4. The molecule has 0 bridgehead atoms. The molecule has 5 heteroatoms. The van der Waals surface area contributed by atoms with Crippen LogP contribution in [0, 0.1) is 0 Å². The smallest absolute Gasteiger partial charge is 0.234 e. The van der Waals surface area contributed by atoms with Gasteiger partial charge in [0, 0.05) is 24.4 Å². The predicted molar refractivity (Wildman–Crippen MR) is 72.8 cm³/mol. The van der Waals surface area contributed by atoms with Gasteiger partial charge in [0.1, 0.15) is 0 Å². The van der Waals surface area contributed by atoms with Crippen molar-refractivity contribution in [3.05, 3.63) is 0 Å². The zero-order valence-corrected chi connectivity index (χ0v) is 11.6. The van der Waals surface area contributed by atoms with E-state index in [1.54, 1.807) is 0 Å². The van der Waals surface area contributed by atoms with Crippen LogP contribution in [-0.2, 0) is 9.53 Å². The van der Waals surface area contributed by atoms with Crippen molar-refractivity contribution in [3.8, 4) is 0 Å². The van der Waals surface area contributed by atoms with E-state index in [1.807, 2.05) is 11.8 Å². The second kappa shape index (κ2) is 5.39. The van der Waals surface area contributed by atoms with Gasteiger partial charge in [0.15, 0.2) is 0 Å². The summed E-state index contributed by atoms with van der Waals surface area (Å²) in [5.74, 6) is 2.49. The van der Waals surface area contributed by atoms with E-state index in [4.69, 9.17) is 4.74 Å². The molecule has 2 unspecified atom stereocenters. The minimum Gasteiger partial charge on any atom is -0.374 e. The maximum absolute atomic E-state index is 11.6. The van der Waals surface area contributed by atoms with Gasteiger partial charge in [0.2, 0.25) is 5.91 Å². The van der Waals surface area contributed by atoms with E-state index in [-0.39, 0.29) is 11.5 Å². The van der Waals surface area contributed by atoms with Crippen LogP contribution in [0.1, 0.15) is 32.1 Å². The molecule has 18 heavy (non-hydrogen) atoms. The topological polar surface area (TPSA) is 50.4 Å². The fourth-order valence-corrected chi connectivity index (χ4v) is 4.19. The summed E-state index contributed by atoms with van der Waals surface area (Å²) in [5, 5.41) is 6.42. The number of thioether (sulfide) groups is 1. The Labute approximate surface area is 113 Å². The number of carbonyl (C=O) groups is 1. The molecule has 2 saturated heterocycles. The van der Waals surface area contributed by atoms with Crippen molar-refractivity contribution in [2.24, 2.45) is 0 Å². The van der Waals surface area contributed by atoms with Gasteiger partial charge >= 0.3 is 0 Å². The minimum absolute atomic E-state index is 0.105. The van der Waals surface area contributed by atoms with Gasteiger partial charge in [-0.3, -0.25) is 4.79 Å². The van der Waals surface area contributed by atoms with Crippen molar-refractivity contribution in [2.75, 3.05) is 24.7 Å². The molecule has 1 spiro atoms. The third-order valence-electron chi connectivity index (χ3n) is 4.05. The summed E-state index contributed by atoms with van der Waals surface area (Å²) in [6.07, 6.45) is 5.58. The van der Waals surface area contributed by atoms with E-state index in [2.05, 4.69) is 10.6 Å². The molecular formula is C13H22N2O2S. The molecule has 1 amide bonds. The van der Waals surface area contributed by atoms with E-state index in [1.165, 1.54) is 12.2 Å². The van der Waals surface area contributed by atoms with Crippen LogP contribution in [-0.4, -0.2) is 48.2 Å². The van der Waals surface area contributed by atoms with Crippen LogP contribution < -0.4 is 10.6 Å². The van der Waals surface area contributed by atoms with Gasteiger partial charge in [-0.1, -0.05) is 0 Å². The van der Waals surface area contributed by atoms with Gasteiger partial charge in [0.05, 0.1) is 12.1 Å². The fraction of sp³-hybridized carbons (Fsp3) is 0.923. The standard InChI is InChI=1S/C13H22N2O2S/c16-12(15-10-1-2-10)8-14-11-3-5-17-13(7-11)4-6-18-9-13/h10-11,14H,1-9H2,(H,15,16). The summed E-state index contributed by atoms with van der Waals surface area (Å²) in [6, 6.07) is 0.911. The third-order valence-corrected chi connectivity index (χ3v) is 5.28. The van der Waals surface area contributed by atoms with Crippen LogP contribution in [0.4, 0.5) is 0 Å². The third kappa shape index (κ3) is 3.19. The number of hydrogen-bond donors (Lipinski definition) is 2. The number of carbonyl (C=O) groups excluding carboxylic acids is 1. The van der Waals surface area contributed by atoms with Crippen LogP contribution in [0.25, 0.3) is 0 Å². The lowest BCUT2D eigenvalue weighted by Gasteiger charge is -2.38. The summed E-state index contributed by atoms with van der Waals surface area (Å²) >= 11 is 1.99. The van der Waals surface area contributed by atoms with Gasteiger partial charge in [-0.05, 0) is 37.9 Å². The Hall–Kier alpha value is -0.260. The molecule has 1 saturated carbocycles. The lowest BCUT2D eigenvalue weighted by atomic mass is 9.90. The molecule has 3 rings (SSSR count). The Morgan fingerprint density at radius 1 is 1.33 bits per heavy atom. The van der Waals surface area contributed by atoms with Gasteiger partial charge < -0.3 is 15.4 Å². The minimum atomic E-state index is 0.105. The second-order valence-corrected chi connectivity index (χ2v) is 6.85. The molecule has 2 atom stereocenters. The van der Waals surface area contributed by atoms with E-state index in [0.717, 1.165) is 38.0 Å². The molecule has 2 N–H and O–H groups in total. The molecule has 1 aliphatic carbocycles. The van der Waals surface area contributed by atoms with Gasteiger partial charge in [0.25, 0.3) is 0 Å². The van der Waals surface area contributed by atoms with Crippen molar-refractivity contribution in [2.45, 2.75) is 49.8 Å². The van der Waals surface area contributed by atoms with E-state index < -0.39 is 0 Å². The van der Waals surface area contributed by atoms with Crippen LogP contribution in [0.2, 0.25) is 0 Å². The first-order valence-corrected chi connectivity index (χ1v) is 8.16. The Bertz CT molecular complexity index is 314. The summed E-state index contributed by atoms with van der Waals surface area (Å²) in [4.78, 5) is 11.6. The summed E-state index contributed by atoms with van der Waals surface area (Å²) in [6.45, 7) is 1.30. The van der Waals surface area contributed by atoms with Crippen molar-refractivity contribution in [1.82, 2.24) is 10.6 Å². The normalized spacial score (nSPS) is 35.9. The molecule has 0 radical (unpaired) electrons. The molecule has 0 aromatic rings. The molecule has 0 aromatic heterocycles. The quantitative estimate of drug-likeness (QED) is 0.797. The van der Waals surface area contributed by atoms with Gasteiger partial charge in [-0.25, -0.2) is 0 Å². The van der Waals surface area contributed by atoms with Crippen molar-refractivity contribution >= 4 is 17.7 Å². The number of ether oxygens (including phenoxy) is 1. The second-order valence-electron chi connectivity index (χ2n) is 5.75. The molecule has 2 aliphatic heterocycles. The van der Waals surface area contributed by atoms with Crippen molar-refractivity contribution < 1.29 is 9.53 Å². The highest BCUT2D eigenvalue weighted by Crippen LogP contribution is 2.38. The van der Waals surface area contributed by atoms with E-state index >= 15 is 0 Å². The highest BCUT2D eigenvalue weighted by molar-refractivity contribution is 7.99. The summed E-state index contributed by atoms with van der Waals surface area (Å²) in [7, 11) is 0. The largest absolute Gasteiger partial charge is 0.374 e. The lowest BCUT2D eigenvalue weighted by Crippen LogP contribution is -2.49. The molecule has 102 valence electrons. The van der Waals surface area contributed by atoms with Crippen LogP contribution in [0.5, 0.6) is 0 Å². The number of hydrogen-bond acceptors (Lipinski definition) is 4. The summed E-state index contributed by atoms with van der Waals surface area (Å²) < 4.78 is 5.98. The maximum Gasteiger partial charge on any atom is 0.234 e. The van der Waals surface area contributed by atoms with Crippen molar-refractivity contribution in [3.63, 3.8) is 0 Å². The van der Waals surface area contributed by atoms with Crippen LogP contribution >= 0.6 is 11.8 Å². The highest BCUT2D eigenvalue weighted by Gasteiger charge is 2.40. The number of nitrogens with one attached hydrogen (secondary N) is 2. The van der Waals surface area contributed by atoms with Gasteiger partial charge in [-0.2, -0.15) is 11.8 Å². The predicted octanol–water partition coefficient (Wildman–Crippen LogP) is 0.909. The number of amides is 1. The molecular weight excluding hydrogens is 248 g/mol. The SMILES string of the molecule is O=C(CNC1CCOC2(CCSC2)C1)NC1CC1. The zero-order chi connectivity index (χ0) is 12.4. The first-order chi connectivity index (χ1) is 8.76. The molecule has 4 nitrogen and oxygen atoms in total. The zero-order valence-electron chi connectivity index (χ0n) is 10.7. The molecule has 3 aliphatic rings. The first-order valence-electron chi connectivity index (χ1n) is 7.00. The van der Waals surface area contributed by atoms with Crippen LogP contribution in [0.3, 0.4) is 0 Å². The summed E-state index contributed by atoms with van der Waals surface area (Å²) in [5.41, 5.74) is 0.105. The molecule has 3 fully saturated rings. The highest BCUT2D eigenvalue weighted by atomic mass is 32.2. The average molecular weight is 270 g/mol. The Morgan fingerprint density at radius 3 is 2.94 bits per heavy atom. The Morgan fingerprint density at radius 2 is 2.22 bits per heavy atom. The first kappa shape index (κ1) is 12.8. The fourth-order valence-electron chi connectivity index (χ4n) is 2.81. The molecule has 0 aromatic carbocycles. The Kier molecular flexibility index (Phi) is 3.82. The average Bonchev–Trinajstić information content (AvgIpc) is 3.07. The van der Waals surface area contributed by atoms with Gasteiger partial charge in [-0.15, -0.1) is 0 Å². The molecule has 2 heterocycles.